The monoisotopic (exact) mass is 630 g/mol. The lowest BCUT2D eigenvalue weighted by Gasteiger charge is -2.25. The number of carbonyl (C=O) groups excluding carboxylic acids is 2. The van der Waals surface area contributed by atoms with Gasteiger partial charge in [0.15, 0.2) is 0 Å². The third-order valence-corrected chi connectivity index (χ3v) is 6.43. The van der Waals surface area contributed by atoms with Gasteiger partial charge in [-0.15, -0.1) is 0 Å². The van der Waals surface area contributed by atoms with E-state index < -0.39 is 36.1 Å². The summed E-state index contributed by atoms with van der Waals surface area (Å²) < 4.78 is 31.7. The van der Waals surface area contributed by atoms with Crippen LogP contribution in [0.3, 0.4) is 0 Å². The molecule has 3 rings (SSSR count). The fourth-order valence-corrected chi connectivity index (χ4v) is 4.10. The van der Waals surface area contributed by atoms with Crippen LogP contribution in [0, 0.1) is 5.92 Å². The van der Waals surface area contributed by atoms with E-state index in [9.17, 15) is 32.7 Å². The van der Waals surface area contributed by atoms with Gasteiger partial charge in [-0.2, -0.15) is 13.2 Å². The highest BCUT2D eigenvalue weighted by atomic mass is 19.4. The fourth-order valence-electron chi connectivity index (χ4n) is 4.10. The number of anilines is 1. The van der Waals surface area contributed by atoms with Crippen molar-refractivity contribution in [1.82, 2.24) is 15.6 Å². The summed E-state index contributed by atoms with van der Waals surface area (Å²) in [6.45, 7) is 4.39. The molecule has 0 fully saturated rings. The van der Waals surface area contributed by atoms with Gasteiger partial charge in [-0.3, -0.25) is 14.4 Å². The van der Waals surface area contributed by atoms with Gasteiger partial charge in [0, 0.05) is 19.2 Å². The number of carboxylic acids is 2. The van der Waals surface area contributed by atoms with Crippen molar-refractivity contribution in [2.45, 2.75) is 57.8 Å². The van der Waals surface area contributed by atoms with Crippen LogP contribution >= 0.6 is 0 Å². The number of benzene rings is 2. The first kappa shape index (κ1) is 36.3. The highest BCUT2D eigenvalue weighted by Gasteiger charge is 2.38. The average molecular weight is 631 g/mol. The summed E-state index contributed by atoms with van der Waals surface area (Å²) in [5.41, 5.74) is 2.74. The maximum atomic E-state index is 13.2. The highest BCUT2D eigenvalue weighted by Crippen LogP contribution is 2.24. The number of amides is 2. The molecule has 2 atom stereocenters. The topological polar surface area (TPSA) is 158 Å². The van der Waals surface area contributed by atoms with Crippen LogP contribution in [0.1, 0.15) is 51.1 Å². The van der Waals surface area contributed by atoms with Crippen molar-refractivity contribution >= 4 is 29.6 Å². The summed E-state index contributed by atoms with van der Waals surface area (Å²) in [5, 5.41) is 25.5. The Bertz CT molecular complexity index is 1370. The van der Waals surface area contributed by atoms with Crippen molar-refractivity contribution in [3.05, 3.63) is 84.6 Å². The standard InChI is InChI=1S/C30H36N4O4.C2HF3O2/c1-21(2)29(34-27(35)13-7-9-19-32-26-12-6-8-18-31-26)30(38)33-25(20-28(36)37)24-16-14-23(15-17-24)22-10-4-3-5-11-22;3-2(4,5)1(6)7/h3-6,8,10-12,14-18,21,25,29H,7,9,13,19-20H2,1-2H3,(H,31,32)(H,33,38)(H,34,35)(H,36,37);(H,6,7)/t25?,29-;/m0./s1. The van der Waals surface area contributed by atoms with Crippen LogP contribution in [-0.2, 0) is 19.2 Å². The largest absolute Gasteiger partial charge is 0.490 e. The number of carbonyl (C=O) groups is 4. The molecule has 0 saturated carbocycles. The van der Waals surface area contributed by atoms with Crippen molar-refractivity contribution in [2.24, 2.45) is 5.92 Å². The first-order valence-corrected chi connectivity index (χ1v) is 14.2. The van der Waals surface area contributed by atoms with Gasteiger partial charge in [0.2, 0.25) is 11.8 Å². The van der Waals surface area contributed by atoms with E-state index in [1.165, 1.54) is 0 Å². The zero-order valence-electron chi connectivity index (χ0n) is 24.9. The van der Waals surface area contributed by atoms with Crippen LogP contribution in [-0.4, -0.2) is 57.7 Å². The van der Waals surface area contributed by atoms with Gasteiger partial charge in [-0.1, -0.05) is 74.5 Å². The van der Waals surface area contributed by atoms with Gasteiger partial charge in [-0.05, 0) is 47.6 Å². The molecule has 3 aromatic rings. The zero-order valence-corrected chi connectivity index (χ0v) is 24.9. The molecule has 1 heterocycles. The number of unbranched alkanes of at least 4 members (excludes halogenated alkanes) is 1. The highest BCUT2D eigenvalue weighted by molar-refractivity contribution is 5.88. The van der Waals surface area contributed by atoms with Crippen molar-refractivity contribution in [2.75, 3.05) is 11.9 Å². The van der Waals surface area contributed by atoms with Gasteiger partial charge >= 0.3 is 18.1 Å². The Kier molecular flexibility index (Phi) is 14.5. The molecule has 0 aliphatic carbocycles. The first-order chi connectivity index (χ1) is 21.3. The Labute approximate surface area is 259 Å². The van der Waals surface area contributed by atoms with Gasteiger partial charge in [0.25, 0.3) is 0 Å². The smallest absolute Gasteiger partial charge is 0.481 e. The number of nitrogens with one attached hydrogen (secondary N) is 3. The summed E-state index contributed by atoms with van der Waals surface area (Å²) >= 11 is 0. The van der Waals surface area contributed by atoms with Crippen molar-refractivity contribution < 1.29 is 42.6 Å². The minimum Gasteiger partial charge on any atom is -0.481 e. The molecule has 2 amide bonds. The molecule has 0 saturated heterocycles. The van der Waals surface area contributed by atoms with Crippen LogP contribution in [0.2, 0.25) is 0 Å². The van der Waals surface area contributed by atoms with E-state index in [1.54, 1.807) is 6.20 Å². The van der Waals surface area contributed by atoms with Gasteiger partial charge in [0.1, 0.15) is 11.9 Å². The molecule has 0 radical (unpaired) electrons. The molecule has 2 aromatic carbocycles. The number of carboxylic acid groups (broad SMARTS) is 2. The Hall–Kier alpha value is -4.94. The lowest BCUT2D eigenvalue weighted by Crippen LogP contribution is -2.50. The number of pyridine rings is 1. The predicted octanol–water partition coefficient (Wildman–Crippen LogP) is 5.44. The predicted molar refractivity (Wildman–Crippen MR) is 162 cm³/mol. The third kappa shape index (κ3) is 13.5. The van der Waals surface area contributed by atoms with E-state index in [4.69, 9.17) is 9.90 Å². The summed E-state index contributed by atoms with van der Waals surface area (Å²) in [7, 11) is 0. The van der Waals surface area contributed by atoms with Crippen LogP contribution < -0.4 is 16.0 Å². The summed E-state index contributed by atoms with van der Waals surface area (Å²) in [4.78, 5) is 50.4. The second kappa shape index (κ2) is 18.0. The Morgan fingerprint density at radius 3 is 1.96 bits per heavy atom. The number of aliphatic carboxylic acids is 2. The van der Waals surface area contributed by atoms with Crippen LogP contribution in [0.5, 0.6) is 0 Å². The molecule has 45 heavy (non-hydrogen) atoms. The van der Waals surface area contributed by atoms with Crippen molar-refractivity contribution in [3.63, 3.8) is 0 Å². The Balaban J connectivity index is 0.000000900. The lowest BCUT2D eigenvalue weighted by atomic mass is 9.97. The molecular weight excluding hydrogens is 593 g/mol. The molecule has 0 bridgehead atoms. The number of hydrogen-bond acceptors (Lipinski definition) is 6. The number of halogens is 3. The number of aromatic nitrogens is 1. The third-order valence-electron chi connectivity index (χ3n) is 6.43. The lowest BCUT2D eigenvalue weighted by molar-refractivity contribution is -0.192. The van der Waals surface area contributed by atoms with Crippen molar-refractivity contribution in [1.29, 1.82) is 0 Å². The number of nitrogens with zero attached hydrogens (tertiary/aromatic N) is 1. The maximum Gasteiger partial charge on any atom is 0.490 e. The molecule has 0 aliphatic rings. The van der Waals surface area contributed by atoms with Gasteiger partial charge < -0.3 is 26.2 Å². The maximum absolute atomic E-state index is 13.2. The average Bonchev–Trinajstić information content (AvgIpc) is 3.00. The molecule has 242 valence electrons. The minimum atomic E-state index is -5.08. The molecule has 10 nitrogen and oxygen atoms in total. The van der Waals surface area contributed by atoms with Gasteiger partial charge in [-0.25, -0.2) is 9.78 Å². The summed E-state index contributed by atoms with van der Waals surface area (Å²) in [6, 6.07) is 21.5. The fraction of sp³-hybridized carbons (Fsp3) is 0.344. The first-order valence-electron chi connectivity index (χ1n) is 14.2. The second-order valence-corrected chi connectivity index (χ2v) is 10.3. The second-order valence-electron chi connectivity index (χ2n) is 10.3. The number of rotatable bonds is 14. The van der Waals surface area contributed by atoms with E-state index in [0.717, 1.165) is 23.4 Å². The molecule has 5 N–H and O–H groups in total. The van der Waals surface area contributed by atoms with Crippen LogP contribution in [0.25, 0.3) is 11.1 Å². The SMILES string of the molecule is CC(C)[C@H](NC(=O)CCCCNc1ccccn1)C(=O)NC(CC(=O)O)c1ccc(-c2ccccc2)cc1.O=C(O)C(F)(F)F. The zero-order chi connectivity index (χ0) is 33.4. The quantitative estimate of drug-likeness (QED) is 0.147. The summed E-state index contributed by atoms with van der Waals surface area (Å²) in [6.07, 6.45) is -1.90. The molecule has 1 unspecified atom stereocenters. The summed E-state index contributed by atoms with van der Waals surface area (Å²) in [5.74, 6) is -3.77. The van der Waals surface area contributed by atoms with Crippen molar-refractivity contribution in [3.8, 4) is 11.1 Å². The van der Waals surface area contributed by atoms with E-state index in [2.05, 4.69) is 20.9 Å². The van der Waals surface area contributed by atoms with Crippen LogP contribution in [0.4, 0.5) is 19.0 Å². The number of alkyl halides is 3. The van der Waals surface area contributed by atoms with E-state index in [0.29, 0.717) is 24.9 Å². The Morgan fingerprint density at radius 1 is 0.822 bits per heavy atom. The van der Waals surface area contributed by atoms with E-state index in [1.807, 2.05) is 86.6 Å². The van der Waals surface area contributed by atoms with Crippen LogP contribution in [0.15, 0.2) is 79.0 Å². The Morgan fingerprint density at radius 2 is 1.42 bits per heavy atom. The minimum absolute atomic E-state index is 0.171. The molecule has 1 aromatic heterocycles. The molecule has 13 heteroatoms. The van der Waals surface area contributed by atoms with E-state index in [-0.39, 0.29) is 18.2 Å². The normalized spacial score (nSPS) is 12.2. The molecular formula is C32H37F3N4O6. The molecule has 0 aliphatic heterocycles. The molecule has 0 spiro atoms. The number of hydrogen-bond donors (Lipinski definition) is 5. The van der Waals surface area contributed by atoms with E-state index >= 15 is 0 Å². The van der Waals surface area contributed by atoms with Gasteiger partial charge in [0.05, 0.1) is 12.5 Å².